The zero-order valence-corrected chi connectivity index (χ0v) is 11.6. The summed E-state index contributed by atoms with van der Waals surface area (Å²) in [6.45, 7) is 0. The van der Waals surface area contributed by atoms with Gasteiger partial charge in [0.15, 0.2) is 0 Å². The molecule has 0 atom stereocenters. The second kappa shape index (κ2) is 9.41. The molecule has 60 valence electrons. The van der Waals surface area contributed by atoms with Crippen LogP contribution in [0, 0.1) is 0 Å². The normalized spacial score (nSPS) is 8.84. The van der Waals surface area contributed by atoms with Crippen LogP contribution in [-0.2, 0) is 0 Å². The second-order valence-corrected chi connectivity index (χ2v) is 5.03. The van der Waals surface area contributed by atoms with Gasteiger partial charge in [0.2, 0.25) is 0 Å². The van der Waals surface area contributed by atoms with Crippen molar-refractivity contribution in [3.8, 4) is 0 Å². The third-order valence-corrected chi connectivity index (χ3v) is 3.58. The fraction of sp³-hybridized carbons (Fsp3) is 0. The molecule has 19 heavy (non-hydrogen) atoms. The molecular weight excluding hydrogens is 227 g/mol. The first-order chi connectivity index (χ1) is 8.64. The van der Waals surface area contributed by atoms with E-state index in [9.17, 15) is 0 Å². The summed E-state index contributed by atoms with van der Waals surface area (Å²) in [5, 5.41) is 0. The monoisotopic (exact) mass is 230 g/mol. The standard InChI is InChI=1S/B18S/c1-11(2)15(9)18(14(7)8)16(10-19)17(12(3)4)13(5)6. The summed E-state index contributed by atoms with van der Waals surface area (Å²) >= 11 is 4.99. The molecule has 0 aliphatic heterocycles. The van der Waals surface area contributed by atoms with Crippen LogP contribution in [0.5, 0.6) is 0 Å². The van der Waals surface area contributed by atoms with Gasteiger partial charge in [-0.05, 0) is 0 Å². The van der Waals surface area contributed by atoms with Crippen molar-refractivity contribution in [1.29, 1.82) is 0 Å². The van der Waals surface area contributed by atoms with Gasteiger partial charge in [-0.3, -0.25) is 0 Å². The van der Waals surface area contributed by atoms with Crippen molar-refractivity contribution >= 4 is 139 Å². The molecule has 0 fully saturated rings. The third-order valence-electron chi connectivity index (χ3n) is 3.27. The number of hydrogen-bond donors (Lipinski definition) is 0. The zero-order chi connectivity index (χ0) is 15.3. The Morgan fingerprint density at radius 2 is 0.947 bits per heavy atom. The Bertz CT molecular complexity index is 244. The van der Waals surface area contributed by atoms with E-state index in [4.69, 9.17) is 81.7 Å². The van der Waals surface area contributed by atoms with Crippen LogP contribution in [-0.4, -0.2) is 127 Å². The van der Waals surface area contributed by atoms with Crippen molar-refractivity contribution in [2.45, 2.75) is 0 Å². The molecule has 0 N–H and O–H groups in total. The molecular formula is B18S. The predicted molar refractivity (Wildman–Crippen MR) is 111 cm³/mol. The van der Waals surface area contributed by atoms with Crippen molar-refractivity contribution in [3.05, 3.63) is 0 Å². The zero-order valence-electron chi connectivity index (χ0n) is 10.8. The average molecular weight is 227 g/mol. The molecule has 0 amide bonds. The molecule has 0 aromatic heterocycles. The molecule has 0 bridgehead atoms. The Morgan fingerprint density at radius 3 is 1.16 bits per heavy atom. The van der Waals surface area contributed by atoms with Gasteiger partial charge in [-0.25, -0.2) is 0 Å². The van der Waals surface area contributed by atoms with E-state index in [0.717, 1.165) is 0 Å². The van der Waals surface area contributed by atoms with Crippen LogP contribution >= 0.6 is 12.1 Å². The van der Waals surface area contributed by atoms with Crippen molar-refractivity contribution in [2.24, 2.45) is 0 Å². The summed E-state index contributed by atoms with van der Waals surface area (Å²) < 4.78 is 0. The fourth-order valence-corrected chi connectivity index (χ4v) is 2.60. The Morgan fingerprint density at radius 1 is 0.579 bits per heavy atom. The van der Waals surface area contributed by atoms with E-state index in [1.807, 2.05) is 0 Å². The first-order valence-electron chi connectivity index (χ1n) is 5.90. The summed E-state index contributed by atoms with van der Waals surface area (Å²) in [5.41, 5.74) is 0. The molecule has 0 saturated carbocycles. The van der Waals surface area contributed by atoms with Gasteiger partial charge in [-0.15, -0.1) is 0 Å². The summed E-state index contributed by atoms with van der Waals surface area (Å²) in [6.07, 6.45) is -5.47. The Kier molecular flexibility index (Phi) is 10.1. The van der Waals surface area contributed by atoms with E-state index in [1.54, 1.807) is 0 Å². The Balaban J connectivity index is 5.40. The van der Waals surface area contributed by atoms with Gasteiger partial charge in [0.25, 0.3) is 0 Å². The molecule has 0 aliphatic carbocycles. The quantitative estimate of drug-likeness (QED) is 0.371. The van der Waals surface area contributed by atoms with Gasteiger partial charge in [0, 0.05) is 0 Å². The van der Waals surface area contributed by atoms with Crippen LogP contribution < -0.4 is 0 Å². The van der Waals surface area contributed by atoms with Crippen LogP contribution in [0.15, 0.2) is 0 Å². The summed E-state index contributed by atoms with van der Waals surface area (Å²) in [5.74, 6) is 0. The van der Waals surface area contributed by atoms with Gasteiger partial charge in [0.1, 0.15) is 0 Å². The van der Waals surface area contributed by atoms with E-state index < -0.39 is 51.1 Å². The topological polar surface area (TPSA) is 0 Å². The molecule has 18 radical (unpaired) electrons. The minimum absolute atomic E-state index is 0.473. The van der Waals surface area contributed by atoms with E-state index in [1.165, 1.54) is 6.05 Å². The first kappa shape index (κ1) is 20.4. The van der Waals surface area contributed by atoms with Crippen molar-refractivity contribution in [3.63, 3.8) is 0 Å². The number of rotatable bonds is 8. The van der Waals surface area contributed by atoms with Crippen LogP contribution in [0.25, 0.3) is 0 Å². The first-order valence-corrected chi connectivity index (χ1v) is 6.37. The molecule has 0 nitrogen and oxygen atoms in total. The SMILES string of the molecule is [B]B([B])B([B])B(B([B])[B])B(B=S)B(B([B])[B])B([B])[B]. The van der Waals surface area contributed by atoms with Gasteiger partial charge in [-0.2, -0.15) is 0 Å². The Labute approximate surface area is 138 Å². The molecule has 0 saturated heterocycles. The molecule has 0 aliphatic rings. The molecule has 0 spiro atoms. The Hall–Kier alpha value is 1.39. The van der Waals surface area contributed by atoms with E-state index >= 15 is 0 Å². The maximum atomic E-state index is 5.94. The predicted octanol–water partition coefficient (Wildman–Crippen LogP) is -6.21. The summed E-state index contributed by atoms with van der Waals surface area (Å²) in [6, 6.07) is 1.42. The van der Waals surface area contributed by atoms with E-state index in [-0.39, 0.29) is 0 Å². The molecule has 0 aromatic rings. The van der Waals surface area contributed by atoms with E-state index in [0.29, 0.717) is 0 Å². The average Bonchev–Trinajstić information content (AvgIpc) is 2.25. The molecule has 0 heterocycles. The summed E-state index contributed by atoms with van der Waals surface area (Å²) in [4.78, 5) is 0. The van der Waals surface area contributed by atoms with Crippen LogP contribution in [0.4, 0.5) is 0 Å². The third kappa shape index (κ3) is 5.95. The molecule has 0 rings (SSSR count). The maximum absolute atomic E-state index is 5.94. The van der Waals surface area contributed by atoms with Crippen LogP contribution in [0.1, 0.15) is 0 Å². The van der Waals surface area contributed by atoms with Crippen molar-refractivity contribution in [2.75, 3.05) is 0 Å². The van der Waals surface area contributed by atoms with Gasteiger partial charge < -0.3 is 0 Å². The van der Waals surface area contributed by atoms with Gasteiger partial charge in [-0.1, -0.05) is 0 Å². The second-order valence-electron chi connectivity index (χ2n) is 4.75. The van der Waals surface area contributed by atoms with Gasteiger partial charge in [0.05, 0.1) is 0 Å². The molecule has 19 heteroatoms. The van der Waals surface area contributed by atoms with Crippen molar-refractivity contribution in [1.82, 2.24) is 0 Å². The fourth-order valence-electron chi connectivity index (χ4n) is 2.23. The minimum atomic E-state index is -0.819. The van der Waals surface area contributed by atoms with Crippen molar-refractivity contribution < 1.29 is 0 Å². The van der Waals surface area contributed by atoms with Crippen LogP contribution in [0.3, 0.4) is 0 Å². The molecule has 0 unspecified atom stereocenters. The molecule has 0 aromatic carbocycles. The number of hydrogen-bond acceptors (Lipinski definition) is 1. The summed E-state index contributed by atoms with van der Waals surface area (Å²) in [7, 11) is 51.4. The van der Waals surface area contributed by atoms with E-state index in [2.05, 4.69) is 0 Å². The van der Waals surface area contributed by atoms with Gasteiger partial charge >= 0.3 is 139 Å². The van der Waals surface area contributed by atoms with Crippen LogP contribution in [0.2, 0.25) is 0 Å².